The molecule has 1 aliphatic rings. The van der Waals surface area contributed by atoms with Crippen LogP contribution < -0.4 is 9.47 Å². The molecule has 3 rings (SSSR count). The van der Waals surface area contributed by atoms with Crippen LogP contribution in [-0.2, 0) is 9.53 Å². The Morgan fingerprint density at radius 3 is 2.58 bits per heavy atom. The highest BCUT2D eigenvalue weighted by molar-refractivity contribution is 6.02. The van der Waals surface area contributed by atoms with Gasteiger partial charge in [0.1, 0.15) is 18.1 Å². The lowest BCUT2D eigenvalue weighted by molar-refractivity contribution is -0.141. The molecule has 2 aromatic carbocycles. The van der Waals surface area contributed by atoms with Crippen molar-refractivity contribution in [3.63, 3.8) is 0 Å². The summed E-state index contributed by atoms with van der Waals surface area (Å²) >= 11 is 0. The van der Waals surface area contributed by atoms with Crippen molar-refractivity contribution in [3.05, 3.63) is 65.2 Å². The van der Waals surface area contributed by atoms with Crippen molar-refractivity contribution < 1.29 is 23.8 Å². The molecule has 5 heteroatoms. The number of rotatable bonds is 6. The summed E-state index contributed by atoms with van der Waals surface area (Å²) in [7, 11) is 0. The number of para-hydroxylation sites is 1. The standard InChI is InChI=1S/C21H20O5/c1-3-24-18-10-8-15(9-11-18)20(22)14(2)26-21(23)17-12-16-6-4-5-7-19(16)25-13-17/h4-12,14H,3,13H2,1-2H3. The Kier molecular flexibility index (Phi) is 5.37. The van der Waals surface area contributed by atoms with Gasteiger partial charge >= 0.3 is 5.97 Å². The van der Waals surface area contributed by atoms with E-state index in [0.29, 0.717) is 23.5 Å². The SMILES string of the molecule is CCOc1ccc(C(=O)C(C)OC(=O)C2=Cc3ccccc3OC2)cc1. The van der Waals surface area contributed by atoms with Crippen molar-refractivity contribution in [1.82, 2.24) is 0 Å². The van der Waals surface area contributed by atoms with Crippen molar-refractivity contribution in [1.29, 1.82) is 0 Å². The first kappa shape index (κ1) is 17.7. The summed E-state index contributed by atoms with van der Waals surface area (Å²) < 4.78 is 16.2. The second-order valence-corrected chi connectivity index (χ2v) is 5.87. The zero-order valence-electron chi connectivity index (χ0n) is 14.7. The van der Waals surface area contributed by atoms with Crippen LogP contribution in [0, 0.1) is 0 Å². The smallest absolute Gasteiger partial charge is 0.338 e. The Morgan fingerprint density at radius 1 is 1.12 bits per heavy atom. The number of ether oxygens (including phenoxy) is 3. The van der Waals surface area contributed by atoms with E-state index in [2.05, 4.69) is 0 Å². The van der Waals surface area contributed by atoms with Crippen molar-refractivity contribution in [2.24, 2.45) is 0 Å². The van der Waals surface area contributed by atoms with E-state index < -0.39 is 12.1 Å². The van der Waals surface area contributed by atoms with Crippen LogP contribution in [0.3, 0.4) is 0 Å². The van der Waals surface area contributed by atoms with E-state index in [1.807, 2.05) is 31.2 Å². The van der Waals surface area contributed by atoms with Crippen molar-refractivity contribution in [2.75, 3.05) is 13.2 Å². The number of fused-ring (bicyclic) bond motifs is 1. The van der Waals surface area contributed by atoms with E-state index in [1.165, 1.54) is 0 Å². The topological polar surface area (TPSA) is 61.8 Å². The van der Waals surface area contributed by atoms with Crippen LogP contribution in [0.15, 0.2) is 54.1 Å². The van der Waals surface area contributed by atoms with E-state index in [4.69, 9.17) is 14.2 Å². The summed E-state index contributed by atoms with van der Waals surface area (Å²) in [6.45, 7) is 4.14. The highest BCUT2D eigenvalue weighted by Gasteiger charge is 2.24. The van der Waals surface area contributed by atoms with Gasteiger partial charge in [-0.1, -0.05) is 18.2 Å². The molecule has 0 aliphatic carbocycles. The lowest BCUT2D eigenvalue weighted by Crippen LogP contribution is -2.27. The minimum absolute atomic E-state index is 0.125. The van der Waals surface area contributed by atoms with Gasteiger partial charge in [0.2, 0.25) is 5.78 Å². The molecule has 134 valence electrons. The molecular formula is C21H20O5. The second-order valence-electron chi connectivity index (χ2n) is 5.87. The van der Waals surface area contributed by atoms with Gasteiger partial charge in [0, 0.05) is 11.1 Å². The first-order valence-electron chi connectivity index (χ1n) is 8.49. The van der Waals surface area contributed by atoms with Crippen LogP contribution in [0.1, 0.15) is 29.8 Å². The van der Waals surface area contributed by atoms with E-state index in [0.717, 1.165) is 11.3 Å². The summed E-state index contributed by atoms with van der Waals surface area (Å²) in [6, 6.07) is 14.2. The van der Waals surface area contributed by atoms with E-state index in [1.54, 1.807) is 37.3 Å². The number of hydrogen-bond acceptors (Lipinski definition) is 5. The van der Waals surface area contributed by atoms with Crippen molar-refractivity contribution in [3.8, 4) is 11.5 Å². The first-order chi connectivity index (χ1) is 12.6. The normalized spacial score (nSPS) is 13.7. The maximum Gasteiger partial charge on any atom is 0.338 e. The summed E-state index contributed by atoms with van der Waals surface area (Å²) in [4.78, 5) is 24.8. The van der Waals surface area contributed by atoms with Crippen molar-refractivity contribution in [2.45, 2.75) is 20.0 Å². The van der Waals surface area contributed by atoms with E-state index in [-0.39, 0.29) is 12.4 Å². The minimum Gasteiger partial charge on any atom is -0.494 e. The Labute approximate surface area is 152 Å². The molecular weight excluding hydrogens is 332 g/mol. The molecule has 0 spiro atoms. The highest BCUT2D eigenvalue weighted by Crippen LogP contribution is 2.26. The second kappa shape index (κ2) is 7.87. The molecule has 5 nitrogen and oxygen atoms in total. The summed E-state index contributed by atoms with van der Waals surface area (Å²) in [5, 5.41) is 0. The molecule has 0 saturated carbocycles. The molecule has 26 heavy (non-hydrogen) atoms. The van der Waals surface area contributed by atoms with Gasteiger partial charge in [0.25, 0.3) is 0 Å². The number of carbonyl (C=O) groups is 2. The Balaban J connectivity index is 1.65. The molecule has 0 saturated heterocycles. The third-order valence-electron chi connectivity index (χ3n) is 4.00. The number of esters is 1. The fourth-order valence-corrected chi connectivity index (χ4v) is 2.64. The minimum atomic E-state index is -0.890. The fraction of sp³-hybridized carbons (Fsp3) is 0.238. The van der Waals surface area contributed by atoms with Crippen LogP contribution in [-0.4, -0.2) is 31.1 Å². The van der Waals surface area contributed by atoms with Crippen molar-refractivity contribution >= 4 is 17.8 Å². The molecule has 0 amide bonds. The largest absolute Gasteiger partial charge is 0.494 e. The maximum absolute atomic E-state index is 12.5. The van der Waals surface area contributed by atoms with Crippen LogP contribution in [0.5, 0.6) is 11.5 Å². The van der Waals surface area contributed by atoms with Gasteiger partial charge in [0.05, 0.1) is 12.2 Å². The Morgan fingerprint density at radius 2 is 1.85 bits per heavy atom. The average Bonchev–Trinajstić information content (AvgIpc) is 2.67. The molecule has 0 bridgehead atoms. The molecule has 1 aliphatic heterocycles. The summed E-state index contributed by atoms with van der Waals surface area (Å²) in [6.07, 6.45) is 0.841. The molecule has 2 aromatic rings. The molecule has 1 heterocycles. The third-order valence-corrected chi connectivity index (χ3v) is 4.00. The molecule has 0 N–H and O–H groups in total. The quantitative estimate of drug-likeness (QED) is 0.586. The fourth-order valence-electron chi connectivity index (χ4n) is 2.64. The molecule has 0 fully saturated rings. The lowest BCUT2D eigenvalue weighted by Gasteiger charge is -2.18. The van der Waals surface area contributed by atoms with Gasteiger partial charge in [-0.25, -0.2) is 4.79 Å². The van der Waals surface area contributed by atoms with Crippen LogP contribution in [0.4, 0.5) is 0 Å². The van der Waals surface area contributed by atoms with E-state index in [9.17, 15) is 9.59 Å². The number of carbonyl (C=O) groups excluding carboxylic acids is 2. The first-order valence-corrected chi connectivity index (χ1v) is 8.49. The number of ketones is 1. The van der Waals surface area contributed by atoms with Crippen LogP contribution in [0.25, 0.3) is 6.08 Å². The predicted octanol–water partition coefficient (Wildman–Crippen LogP) is 3.68. The van der Waals surface area contributed by atoms with Gasteiger partial charge in [-0.05, 0) is 50.3 Å². The molecule has 1 atom stereocenters. The van der Waals surface area contributed by atoms with Gasteiger partial charge in [-0.15, -0.1) is 0 Å². The number of Topliss-reactive ketones (excluding diaryl/α,β-unsaturated/α-hetero) is 1. The highest BCUT2D eigenvalue weighted by atomic mass is 16.5. The molecule has 0 aromatic heterocycles. The van der Waals surface area contributed by atoms with Crippen LogP contribution >= 0.6 is 0 Å². The van der Waals surface area contributed by atoms with Gasteiger partial charge < -0.3 is 14.2 Å². The Bertz CT molecular complexity index is 836. The summed E-state index contributed by atoms with van der Waals surface area (Å²) in [5.41, 5.74) is 1.67. The van der Waals surface area contributed by atoms with E-state index >= 15 is 0 Å². The lowest BCUT2D eigenvalue weighted by atomic mass is 10.1. The monoisotopic (exact) mass is 352 g/mol. The predicted molar refractivity (Wildman–Crippen MR) is 97.4 cm³/mol. The third kappa shape index (κ3) is 3.94. The van der Waals surface area contributed by atoms with Crippen LogP contribution in [0.2, 0.25) is 0 Å². The zero-order valence-corrected chi connectivity index (χ0v) is 14.7. The Hall–Kier alpha value is -3.08. The van der Waals surface area contributed by atoms with Gasteiger partial charge in [-0.3, -0.25) is 4.79 Å². The number of hydrogen-bond donors (Lipinski definition) is 0. The molecule has 0 radical (unpaired) electrons. The number of benzene rings is 2. The zero-order chi connectivity index (χ0) is 18.5. The maximum atomic E-state index is 12.5. The van der Waals surface area contributed by atoms with Gasteiger partial charge in [-0.2, -0.15) is 0 Å². The molecule has 1 unspecified atom stereocenters. The summed E-state index contributed by atoms with van der Waals surface area (Å²) in [5.74, 6) is 0.602. The average molecular weight is 352 g/mol. The van der Waals surface area contributed by atoms with Gasteiger partial charge in [0.15, 0.2) is 6.10 Å².